The first-order chi connectivity index (χ1) is 10.6. The molecule has 126 valence electrons. The van der Waals surface area contributed by atoms with E-state index in [1.165, 1.54) is 29.2 Å². The van der Waals surface area contributed by atoms with Crippen molar-refractivity contribution in [3.63, 3.8) is 0 Å². The lowest BCUT2D eigenvalue weighted by Gasteiger charge is -2.48. The van der Waals surface area contributed by atoms with Crippen LogP contribution in [-0.4, -0.2) is 46.4 Å². The van der Waals surface area contributed by atoms with E-state index in [9.17, 15) is 14.0 Å². The minimum atomic E-state index is -1.03. The van der Waals surface area contributed by atoms with Gasteiger partial charge in [-0.25, -0.2) is 9.18 Å². The van der Waals surface area contributed by atoms with E-state index in [0.29, 0.717) is 5.75 Å². The number of carbonyl (C=O) groups is 2. The van der Waals surface area contributed by atoms with Gasteiger partial charge in [-0.15, -0.1) is 0 Å². The van der Waals surface area contributed by atoms with Crippen molar-refractivity contribution < 1.29 is 28.6 Å². The molecule has 0 saturated carbocycles. The Bertz CT molecular complexity index is 587. The maximum absolute atomic E-state index is 12.9. The van der Waals surface area contributed by atoms with Gasteiger partial charge in [-0.3, -0.25) is 9.69 Å². The highest BCUT2D eigenvalue weighted by Gasteiger charge is 2.50. The molecule has 1 saturated heterocycles. The summed E-state index contributed by atoms with van der Waals surface area (Å²) >= 11 is 0. The number of rotatable bonds is 4. The average Bonchev–Trinajstić information content (AvgIpc) is 2.35. The van der Waals surface area contributed by atoms with Crippen LogP contribution >= 0.6 is 0 Å². The predicted octanol–water partition coefficient (Wildman–Crippen LogP) is 2.67. The fourth-order valence-corrected chi connectivity index (χ4v) is 2.35. The molecule has 1 aliphatic heterocycles. The Hall–Kier alpha value is -2.31. The summed E-state index contributed by atoms with van der Waals surface area (Å²) in [4.78, 5) is 24.4. The lowest BCUT2D eigenvalue weighted by atomic mass is 9.90. The quantitative estimate of drug-likeness (QED) is 0.921. The minimum Gasteiger partial charge on any atom is -0.483 e. The Morgan fingerprint density at radius 1 is 1.26 bits per heavy atom. The van der Waals surface area contributed by atoms with Gasteiger partial charge in [-0.2, -0.15) is 0 Å². The number of nitrogens with zero attached hydrogens (tertiary/aromatic N) is 1. The van der Waals surface area contributed by atoms with E-state index in [1.54, 1.807) is 20.8 Å². The number of carbonyl (C=O) groups excluding carboxylic acids is 1. The monoisotopic (exact) mass is 325 g/mol. The highest BCUT2D eigenvalue weighted by Crippen LogP contribution is 2.32. The zero-order valence-electron chi connectivity index (χ0n) is 13.3. The van der Waals surface area contributed by atoms with E-state index >= 15 is 0 Å². The summed E-state index contributed by atoms with van der Waals surface area (Å²) in [5, 5.41) is 9.07. The van der Waals surface area contributed by atoms with Crippen molar-refractivity contribution in [2.45, 2.75) is 38.4 Å². The van der Waals surface area contributed by atoms with Crippen molar-refractivity contribution in [3.05, 3.63) is 30.1 Å². The number of hydrogen-bond donors (Lipinski definition) is 1. The fourth-order valence-electron chi connectivity index (χ4n) is 2.35. The number of aliphatic carboxylic acids is 1. The van der Waals surface area contributed by atoms with Gasteiger partial charge >= 0.3 is 12.1 Å². The maximum atomic E-state index is 12.9. The predicted molar refractivity (Wildman–Crippen MR) is 79.8 cm³/mol. The molecule has 23 heavy (non-hydrogen) atoms. The van der Waals surface area contributed by atoms with Crippen LogP contribution in [0.15, 0.2) is 24.3 Å². The molecule has 0 unspecified atom stereocenters. The van der Waals surface area contributed by atoms with Crippen LogP contribution in [-0.2, 0) is 9.53 Å². The van der Waals surface area contributed by atoms with Crippen LogP contribution in [0.5, 0.6) is 5.75 Å². The Morgan fingerprint density at radius 2 is 1.83 bits per heavy atom. The fraction of sp³-hybridized carbons (Fsp3) is 0.500. The molecule has 0 spiro atoms. The van der Waals surface area contributed by atoms with Gasteiger partial charge in [0, 0.05) is 0 Å². The lowest BCUT2D eigenvalue weighted by Crippen LogP contribution is -2.67. The number of likely N-dealkylation sites (tertiary alicyclic amines) is 1. The lowest BCUT2D eigenvalue weighted by molar-refractivity contribution is -0.149. The summed E-state index contributed by atoms with van der Waals surface area (Å²) < 4.78 is 23.9. The van der Waals surface area contributed by atoms with E-state index in [-0.39, 0.29) is 19.5 Å². The summed E-state index contributed by atoms with van der Waals surface area (Å²) in [6.45, 7) is 5.47. The van der Waals surface area contributed by atoms with Crippen molar-refractivity contribution in [2.75, 3.05) is 13.1 Å². The normalized spacial score (nSPS) is 16.4. The molecule has 1 aromatic carbocycles. The SMILES string of the molecule is CC(C)(C)OC(=O)N1CC(CC(=O)O)(Oc2ccc(F)cc2)C1. The summed E-state index contributed by atoms with van der Waals surface area (Å²) in [5.41, 5.74) is -1.65. The molecule has 1 N–H and O–H groups in total. The second-order valence-corrected chi connectivity index (χ2v) is 6.65. The average molecular weight is 325 g/mol. The standard InChI is InChI=1S/C16H20FNO5/c1-15(2,3)23-14(21)18-9-16(10-18,8-13(19)20)22-12-6-4-11(17)5-7-12/h4-7H,8-10H2,1-3H3,(H,19,20). The third kappa shape index (κ3) is 4.58. The van der Waals surface area contributed by atoms with Crippen molar-refractivity contribution >= 4 is 12.1 Å². The maximum Gasteiger partial charge on any atom is 0.410 e. The topological polar surface area (TPSA) is 76.1 Å². The summed E-state index contributed by atoms with van der Waals surface area (Å²) in [7, 11) is 0. The molecule has 7 heteroatoms. The first-order valence-electron chi connectivity index (χ1n) is 7.23. The third-order valence-electron chi connectivity index (χ3n) is 3.23. The first kappa shape index (κ1) is 17.1. The van der Waals surface area contributed by atoms with Crippen LogP contribution in [0.3, 0.4) is 0 Å². The Kier molecular flexibility index (Phi) is 4.49. The van der Waals surface area contributed by atoms with Crippen LogP contribution in [0.2, 0.25) is 0 Å². The largest absolute Gasteiger partial charge is 0.483 e. The molecule has 1 aromatic rings. The van der Waals surface area contributed by atoms with Gasteiger partial charge in [0.05, 0.1) is 19.5 Å². The van der Waals surface area contributed by atoms with Crippen molar-refractivity contribution in [3.8, 4) is 5.75 Å². The van der Waals surface area contributed by atoms with Gasteiger partial charge in [0.15, 0.2) is 5.60 Å². The number of carboxylic acid groups (broad SMARTS) is 1. The van der Waals surface area contributed by atoms with Gasteiger partial charge in [0.1, 0.15) is 17.2 Å². The van der Waals surface area contributed by atoms with Crippen LogP contribution in [0.4, 0.5) is 9.18 Å². The molecule has 1 heterocycles. The van der Waals surface area contributed by atoms with Gasteiger partial charge in [0.2, 0.25) is 0 Å². The molecule has 0 bridgehead atoms. The van der Waals surface area contributed by atoms with Crippen LogP contribution in [0.25, 0.3) is 0 Å². The molecular weight excluding hydrogens is 305 g/mol. The van der Waals surface area contributed by atoms with Gasteiger partial charge in [0.25, 0.3) is 0 Å². The highest BCUT2D eigenvalue weighted by molar-refractivity contribution is 5.72. The van der Waals surface area contributed by atoms with Crippen molar-refractivity contribution in [2.24, 2.45) is 0 Å². The number of benzene rings is 1. The zero-order valence-corrected chi connectivity index (χ0v) is 13.3. The van der Waals surface area contributed by atoms with Gasteiger partial charge in [-0.1, -0.05) is 0 Å². The van der Waals surface area contributed by atoms with E-state index in [4.69, 9.17) is 14.6 Å². The van der Waals surface area contributed by atoms with E-state index in [1.807, 2.05) is 0 Å². The summed E-state index contributed by atoms with van der Waals surface area (Å²) in [6, 6.07) is 5.31. The molecule has 0 radical (unpaired) electrons. The molecule has 1 aliphatic rings. The third-order valence-corrected chi connectivity index (χ3v) is 3.23. The number of ether oxygens (including phenoxy) is 2. The second-order valence-electron chi connectivity index (χ2n) is 6.65. The Balaban J connectivity index is 2.04. The highest BCUT2D eigenvalue weighted by atomic mass is 19.1. The van der Waals surface area contributed by atoms with E-state index < -0.39 is 29.1 Å². The van der Waals surface area contributed by atoms with Crippen LogP contribution in [0.1, 0.15) is 27.2 Å². The Labute approximate surface area is 133 Å². The summed E-state index contributed by atoms with van der Waals surface area (Å²) in [5.74, 6) is -1.08. The van der Waals surface area contributed by atoms with E-state index in [2.05, 4.69) is 0 Å². The summed E-state index contributed by atoms with van der Waals surface area (Å²) in [6.07, 6.45) is -0.773. The molecule has 0 atom stereocenters. The second kappa shape index (κ2) is 6.06. The number of carboxylic acids is 1. The van der Waals surface area contributed by atoms with Gasteiger partial charge < -0.3 is 14.6 Å². The molecular formula is C16H20FNO5. The minimum absolute atomic E-state index is 0.103. The molecule has 1 fully saturated rings. The number of hydrogen-bond acceptors (Lipinski definition) is 4. The molecule has 1 amide bonds. The smallest absolute Gasteiger partial charge is 0.410 e. The Morgan fingerprint density at radius 3 is 2.30 bits per heavy atom. The molecule has 0 aromatic heterocycles. The van der Waals surface area contributed by atoms with Crippen LogP contribution in [0, 0.1) is 5.82 Å². The van der Waals surface area contributed by atoms with E-state index in [0.717, 1.165) is 0 Å². The number of halogens is 1. The number of amides is 1. The zero-order chi connectivity index (χ0) is 17.3. The van der Waals surface area contributed by atoms with Crippen molar-refractivity contribution in [1.29, 1.82) is 0 Å². The molecule has 2 rings (SSSR count). The van der Waals surface area contributed by atoms with Gasteiger partial charge in [-0.05, 0) is 45.0 Å². The first-order valence-corrected chi connectivity index (χ1v) is 7.23. The molecule has 0 aliphatic carbocycles. The van der Waals surface area contributed by atoms with Crippen LogP contribution < -0.4 is 4.74 Å². The molecule has 6 nitrogen and oxygen atoms in total. The van der Waals surface area contributed by atoms with Crippen molar-refractivity contribution in [1.82, 2.24) is 4.90 Å².